The number of methoxy groups -OCH3 is 1. The van der Waals surface area contributed by atoms with Crippen LogP contribution in [0, 0.1) is 6.92 Å². The van der Waals surface area contributed by atoms with Gasteiger partial charge in [0.15, 0.2) is 0 Å². The third-order valence-corrected chi connectivity index (χ3v) is 5.34. The Hall–Kier alpha value is -1.92. The van der Waals surface area contributed by atoms with Crippen molar-refractivity contribution in [3.05, 3.63) is 45.4 Å². The van der Waals surface area contributed by atoms with Gasteiger partial charge in [-0.3, -0.25) is 4.79 Å². The molecule has 0 radical (unpaired) electrons. The van der Waals surface area contributed by atoms with Gasteiger partial charge in [0, 0.05) is 29.6 Å². The fourth-order valence-corrected chi connectivity index (χ4v) is 4.09. The van der Waals surface area contributed by atoms with Crippen LogP contribution in [0.2, 0.25) is 0 Å². The summed E-state index contributed by atoms with van der Waals surface area (Å²) in [7, 11) is 1.61. The summed E-state index contributed by atoms with van der Waals surface area (Å²) in [6.07, 6.45) is 3.40. The number of rotatable bonds is 6. The second-order valence-corrected chi connectivity index (χ2v) is 7.16. The van der Waals surface area contributed by atoms with Gasteiger partial charge in [-0.05, 0) is 50.5 Å². The van der Waals surface area contributed by atoms with Crippen LogP contribution in [0.4, 0.5) is 0 Å². The number of nitrogens with one attached hydrogen (secondary N) is 2. The van der Waals surface area contributed by atoms with Crippen LogP contribution in [0.1, 0.15) is 44.8 Å². The first-order valence-corrected chi connectivity index (χ1v) is 9.11. The third kappa shape index (κ3) is 3.94. The van der Waals surface area contributed by atoms with Crippen molar-refractivity contribution in [3.8, 4) is 5.75 Å². The van der Waals surface area contributed by atoms with Crippen molar-refractivity contribution >= 4 is 17.2 Å². The molecule has 0 bridgehead atoms. The van der Waals surface area contributed by atoms with Crippen molar-refractivity contribution < 1.29 is 9.53 Å². The highest BCUT2D eigenvalue weighted by molar-refractivity contribution is 7.11. The van der Waals surface area contributed by atoms with Crippen LogP contribution in [-0.2, 0) is 6.42 Å². The number of fused-ring (bicyclic) bond motifs is 1. The molecule has 1 aromatic carbocycles. The number of aryl methyl sites for hydroxylation is 2. The minimum atomic E-state index is -0.0579. The Morgan fingerprint density at radius 1 is 1.33 bits per heavy atom. The van der Waals surface area contributed by atoms with Crippen LogP contribution < -0.4 is 15.4 Å². The van der Waals surface area contributed by atoms with Crippen molar-refractivity contribution in [1.29, 1.82) is 0 Å². The normalized spacial score (nSPS) is 16.5. The van der Waals surface area contributed by atoms with E-state index in [1.165, 1.54) is 17.0 Å². The molecule has 2 N–H and O–H groups in total. The fraction of sp³-hybridized carbons (Fsp3) is 0.444. The molecule has 0 saturated carbocycles. The van der Waals surface area contributed by atoms with Gasteiger partial charge in [0.05, 0.1) is 17.8 Å². The van der Waals surface area contributed by atoms with E-state index in [4.69, 9.17) is 4.74 Å². The number of hydrogen-bond donors (Lipinski definition) is 2. The highest BCUT2D eigenvalue weighted by Crippen LogP contribution is 2.33. The summed E-state index contributed by atoms with van der Waals surface area (Å²) in [5.41, 5.74) is 1.90. The Balaban J connectivity index is 1.46. The Labute approximate surface area is 146 Å². The summed E-state index contributed by atoms with van der Waals surface area (Å²) in [6.45, 7) is 3.42. The summed E-state index contributed by atoms with van der Waals surface area (Å²) in [4.78, 5) is 18.1. The number of hydrogen-bond acceptors (Lipinski definition) is 5. The number of amides is 1. The van der Waals surface area contributed by atoms with E-state index in [0.29, 0.717) is 18.2 Å². The maximum absolute atomic E-state index is 12.1. The minimum Gasteiger partial charge on any atom is -0.497 e. The molecule has 1 amide bonds. The Morgan fingerprint density at radius 3 is 2.88 bits per heavy atom. The highest BCUT2D eigenvalue weighted by atomic mass is 32.1. The zero-order valence-electron chi connectivity index (χ0n) is 14.1. The third-order valence-electron chi connectivity index (χ3n) is 4.21. The molecule has 128 valence electrons. The predicted octanol–water partition coefficient (Wildman–Crippen LogP) is 2.86. The molecule has 5 nitrogen and oxygen atoms in total. The lowest BCUT2D eigenvalue weighted by Crippen LogP contribution is -2.34. The van der Waals surface area contributed by atoms with Gasteiger partial charge in [-0.1, -0.05) is 0 Å². The van der Waals surface area contributed by atoms with Gasteiger partial charge in [-0.25, -0.2) is 4.98 Å². The van der Waals surface area contributed by atoms with Crippen LogP contribution in [0.5, 0.6) is 5.75 Å². The van der Waals surface area contributed by atoms with Crippen molar-refractivity contribution in [2.24, 2.45) is 0 Å². The van der Waals surface area contributed by atoms with Gasteiger partial charge in [-0.2, -0.15) is 0 Å². The van der Waals surface area contributed by atoms with Gasteiger partial charge in [0.1, 0.15) is 5.75 Å². The number of thiazole rings is 1. The van der Waals surface area contributed by atoms with Crippen molar-refractivity contribution in [1.82, 2.24) is 15.6 Å². The largest absolute Gasteiger partial charge is 0.497 e. The summed E-state index contributed by atoms with van der Waals surface area (Å²) in [6, 6.07) is 7.51. The van der Waals surface area contributed by atoms with Crippen molar-refractivity contribution in [3.63, 3.8) is 0 Å². The molecule has 3 rings (SSSR count). The molecule has 1 atom stereocenters. The summed E-state index contributed by atoms with van der Waals surface area (Å²) in [5, 5.41) is 7.64. The standard InChI is InChI=1S/C18H23N3O2S/c1-12-21-16-5-3-4-15(17(16)24-12)19-10-11-20-18(22)13-6-8-14(23-2)9-7-13/h6-9,15,19H,3-5,10-11H2,1-2H3,(H,20,22)/t15-/m1/s1. The minimum absolute atomic E-state index is 0.0579. The van der Waals surface area contributed by atoms with Gasteiger partial charge < -0.3 is 15.4 Å². The zero-order valence-corrected chi connectivity index (χ0v) is 14.9. The monoisotopic (exact) mass is 345 g/mol. The zero-order chi connectivity index (χ0) is 16.9. The average Bonchev–Trinajstić information content (AvgIpc) is 2.99. The van der Waals surface area contributed by atoms with Crippen LogP contribution in [0.3, 0.4) is 0 Å². The summed E-state index contributed by atoms with van der Waals surface area (Å²) in [5.74, 6) is 0.693. The molecule has 0 saturated heterocycles. The SMILES string of the molecule is COc1ccc(C(=O)NCCN[C@@H]2CCCc3nc(C)sc32)cc1. The number of benzene rings is 1. The summed E-state index contributed by atoms with van der Waals surface area (Å²) < 4.78 is 5.10. The van der Waals surface area contributed by atoms with E-state index in [-0.39, 0.29) is 5.91 Å². The molecule has 1 heterocycles. The van der Waals surface area contributed by atoms with Crippen LogP contribution in [-0.4, -0.2) is 31.1 Å². The molecule has 0 aliphatic heterocycles. The molecule has 1 aliphatic carbocycles. The van der Waals surface area contributed by atoms with Crippen molar-refractivity contribution in [2.45, 2.75) is 32.2 Å². The topological polar surface area (TPSA) is 63.2 Å². The van der Waals surface area contributed by atoms with Crippen molar-refractivity contribution in [2.75, 3.05) is 20.2 Å². The number of carbonyl (C=O) groups excluding carboxylic acids is 1. The lowest BCUT2D eigenvalue weighted by molar-refractivity contribution is 0.0953. The molecule has 0 fully saturated rings. The lowest BCUT2D eigenvalue weighted by Gasteiger charge is -2.22. The Morgan fingerprint density at radius 2 is 2.12 bits per heavy atom. The van der Waals surface area contributed by atoms with E-state index in [9.17, 15) is 4.79 Å². The molecular weight excluding hydrogens is 322 g/mol. The second kappa shape index (κ2) is 7.77. The van der Waals surface area contributed by atoms with E-state index in [0.717, 1.165) is 30.1 Å². The molecule has 0 unspecified atom stereocenters. The fourth-order valence-electron chi connectivity index (χ4n) is 3.00. The lowest BCUT2D eigenvalue weighted by atomic mass is 9.98. The molecule has 1 aromatic heterocycles. The molecule has 6 heteroatoms. The molecule has 2 aromatic rings. The molecule has 0 spiro atoms. The quantitative estimate of drug-likeness (QED) is 0.790. The van der Waals surface area contributed by atoms with E-state index < -0.39 is 0 Å². The maximum atomic E-state index is 12.1. The van der Waals surface area contributed by atoms with Gasteiger partial charge in [0.25, 0.3) is 5.91 Å². The maximum Gasteiger partial charge on any atom is 0.251 e. The first-order valence-electron chi connectivity index (χ1n) is 8.29. The number of carbonyl (C=O) groups is 1. The first kappa shape index (κ1) is 16.9. The Kier molecular flexibility index (Phi) is 5.48. The van der Waals surface area contributed by atoms with Crippen LogP contribution >= 0.6 is 11.3 Å². The molecule has 24 heavy (non-hydrogen) atoms. The van der Waals surface area contributed by atoms with Gasteiger partial charge in [0.2, 0.25) is 0 Å². The Bertz CT molecular complexity index is 697. The number of aromatic nitrogens is 1. The van der Waals surface area contributed by atoms with E-state index in [2.05, 4.69) is 22.5 Å². The molecule has 1 aliphatic rings. The van der Waals surface area contributed by atoms with E-state index >= 15 is 0 Å². The van der Waals surface area contributed by atoms with E-state index in [1.54, 1.807) is 42.7 Å². The number of ether oxygens (including phenoxy) is 1. The van der Waals surface area contributed by atoms with Crippen LogP contribution in [0.15, 0.2) is 24.3 Å². The predicted molar refractivity (Wildman–Crippen MR) is 95.9 cm³/mol. The first-order chi connectivity index (χ1) is 11.7. The van der Waals surface area contributed by atoms with Gasteiger partial charge >= 0.3 is 0 Å². The smallest absolute Gasteiger partial charge is 0.251 e. The second-order valence-electron chi connectivity index (χ2n) is 5.93. The van der Waals surface area contributed by atoms with E-state index in [1.807, 2.05) is 0 Å². The van der Waals surface area contributed by atoms with Crippen LogP contribution in [0.25, 0.3) is 0 Å². The van der Waals surface area contributed by atoms with Gasteiger partial charge in [-0.15, -0.1) is 11.3 Å². The summed E-state index contributed by atoms with van der Waals surface area (Å²) >= 11 is 1.79. The number of nitrogens with zero attached hydrogens (tertiary/aromatic N) is 1. The average molecular weight is 345 g/mol. The highest BCUT2D eigenvalue weighted by Gasteiger charge is 2.23. The molecular formula is C18H23N3O2S.